The van der Waals surface area contributed by atoms with E-state index in [-0.39, 0.29) is 17.9 Å². The second-order valence-electron chi connectivity index (χ2n) is 8.94. The van der Waals surface area contributed by atoms with Crippen molar-refractivity contribution in [2.45, 2.75) is 38.6 Å². The van der Waals surface area contributed by atoms with Crippen LogP contribution in [0.2, 0.25) is 0 Å². The fourth-order valence-corrected chi connectivity index (χ4v) is 4.39. The van der Waals surface area contributed by atoms with E-state index in [4.69, 9.17) is 0 Å². The lowest BCUT2D eigenvalue weighted by atomic mass is 9.86. The number of hydrogen-bond donors (Lipinski definition) is 2. The van der Waals surface area contributed by atoms with E-state index < -0.39 is 5.41 Å². The Morgan fingerprint density at radius 3 is 2.94 bits per heavy atom. The fourth-order valence-electron chi connectivity index (χ4n) is 4.39. The highest BCUT2D eigenvalue weighted by molar-refractivity contribution is 6.06. The summed E-state index contributed by atoms with van der Waals surface area (Å²) in [6.07, 6.45) is 4.35. The zero-order chi connectivity index (χ0) is 22.6. The number of aromatic nitrogens is 4. The molecule has 1 atom stereocenters. The van der Waals surface area contributed by atoms with Crippen molar-refractivity contribution in [1.82, 2.24) is 24.5 Å². The highest BCUT2D eigenvalue weighted by Gasteiger charge is 2.38. The van der Waals surface area contributed by atoms with Crippen LogP contribution in [0.5, 0.6) is 0 Å². The van der Waals surface area contributed by atoms with Crippen molar-refractivity contribution >= 4 is 40.6 Å². The summed E-state index contributed by atoms with van der Waals surface area (Å²) in [6, 6.07) is 5.93. The minimum Gasteiger partial charge on any atom is -0.351 e. The molecule has 2 N–H and O–H groups in total. The van der Waals surface area contributed by atoms with Crippen LogP contribution < -0.4 is 15.5 Å². The molecule has 2 aliphatic heterocycles. The highest BCUT2D eigenvalue weighted by Crippen LogP contribution is 2.39. The molecule has 32 heavy (non-hydrogen) atoms. The van der Waals surface area contributed by atoms with Gasteiger partial charge < -0.3 is 20.4 Å². The van der Waals surface area contributed by atoms with E-state index in [9.17, 15) is 9.59 Å². The second-order valence-corrected chi connectivity index (χ2v) is 8.94. The quantitative estimate of drug-likeness (QED) is 0.648. The van der Waals surface area contributed by atoms with Crippen LogP contribution in [-0.4, -0.2) is 62.5 Å². The van der Waals surface area contributed by atoms with Gasteiger partial charge >= 0.3 is 0 Å². The first-order chi connectivity index (χ1) is 15.2. The van der Waals surface area contributed by atoms with Crippen LogP contribution in [0.1, 0.15) is 32.8 Å². The van der Waals surface area contributed by atoms with Crippen molar-refractivity contribution in [3.8, 4) is 0 Å². The summed E-state index contributed by atoms with van der Waals surface area (Å²) in [5, 5.41) is 10.7. The summed E-state index contributed by atoms with van der Waals surface area (Å²) in [4.78, 5) is 37.1. The average Bonchev–Trinajstić information content (AvgIpc) is 3.44. The summed E-state index contributed by atoms with van der Waals surface area (Å²) in [5.74, 6) is 1.24. The van der Waals surface area contributed by atoms with Gasteiger partial charge in [-0.25, -0.2) is 9.50 Å². The monoisotopic (exact) mass is 434 g/mol. The van der Waals surface area contributed by atoms with Gasteiger partial charge in [0.2, 0.25) is 17.8 Å². The molecule has 0 aliphatic carbocycles. The molecule has 2 amide bonds. The predicted octanol–water partition coefficient (Wildman–Crippen LogP) is 2.15. The number of anilines is 4. The lowest BCUT2D eigenvalue weighted by Crippen LogP contribution is -2.37. The van der Waals surface area contributed by atoms with E-state index in [1.807, 2.05) is 39.1 Å². The molecule has 3 aromatic rings. The molecule has 5 rings (SSSR count). The van der Waals surface area contributed by atoms with Crippen molar-refractivity contribution in [1.29, 1.82) is 0 Å². The fraction of sp³-hybridized carbons (Fsp3) is 0.409. The molecule has 1 unspecified atom stereocenters. The Balaban J connectivity index is 1.39. The number of amides is 2. The number of nitrogens with zero attached hydrogens (tertiary/aromatic N) is 6. The Morgan fingerprint density at radius 1 is 1.34 bits per heavy atom. The maximum absolute atomic E-state index is 12.2. The summed E-state index contributed by atoms with van der Waals surface area (Å²) < 4.78 is 1.70. The normalized spacial score (nSPS) is 19.2. The molecule has 166 valence electrons. The first-order valence-corrected chi connectivity index (χ1v) is 10.7. The zero-order valence-corrected chi connectivity index (χ0v) is 18.6. The Morgan fingerprint density at radius 2 is 2.16 bits per heavy atom. The third kappa shape index (κ3) is 3.22. The standard InChI is InChI=1S/C22H26N8O2/c1-13(31)28(4)15-7-9-29(12-15)18-19-26-21(27-30(19)10-8-23-18)24-14-5-6-16-17(11-14)25-20(32)22(16,2)3/h5-6,8,10-11,15H,7,9,12H2,1-4H3,(H,24,27)(H,25,32). The number of rotatable bonds is 4. The average molecular weight is 435 g/mol. The van der Waals surface area contributed by atoms with Crippen LogP contribution in [-0.2, 0) is 15.0 Å². The second kappa shape index (κ2) is 7.18. The number of nitrogens with one attached hydrogen (secondary N) is 2. The van der Waals surface area contributed by atoms with Crippen molar-refractivity contribution in [2.75, 3.05) is 35.7 Å². The van der Waals surface area contributed by atoms with E-state index in [1.54, 1.807) is 28.7 Å². The maximum Gasteiger partial charge on any atom is 0.247 e. The van der Waals surface area contributed by atoms with Crippen molar-refractivity contribution < 1.29 is 9.59 Å². The van der Waals surface area contributed by atoms with E-state index in [1.165, 1.54) is 0 Å². The molecule has 4 heterocycles. The smallest absolute Gasteiger partial charge is 0.247 e. The Labute approximate surface area is 185 Å². The lowest BCUT2D eigenvalue weighted by Gasteiger charge is -2.23. The number of hydrogen-bond acceptors (Lipinski definition) is 7. The van der Waals surface area contributed by atoms with Crippen LogP contribution in [0.4, 0.5) is 23.1 Å². The zero-order valence-electron chi connectivity index (χ0n) is 18.6. The van der Waals surface area contributed by atoms with E-state index in [0.29, 0.717) is 18.1 Å². The van der Waals surface area contributed by atoms with Crippen molar-refractivity contribution in [3.05, 3.63) is 36.2 Å². The Kier molecular flexibility index (Phi) is 4.54. The topological polar surface area (TPSA) is 108 Å². The third-order valence-electron chi connectivity index (χ3n) is 6.51. The first-order valence-electron chi connectivity index (χ1n) is 10.7. The maximum atomic E-state index is 12.2. The lowest BCUT2D eigenvalue weighted by molar-refractivity contribution is -0.129. The van der Waals surface area contributed by atoms with Gasteiger partial charge in [0.25, 0.3) is 0 Å². The molecule has 0 bridgehead atoms. The van der Waals surface area contributed by atoms with Gasteiger partial charge in [0.05, 0.1) is 11.5 Å². The van der Waals surface area contributed by atoms with Gasteiger partial charge in [-0.3, -0.25) is 9.59 Å². The highest BCUT2D eigenvalue weighted by atomic mass is 16.2. The van der Waals surface area contributed by atoms with Crippen molar-refractivity contribution in [3.63, 3.8) is 0 Å². The van der Waals surface area contributed by atoms with Gasteiger partial charge in [0, 0.05) is 50.8 Å². The number of likely N-dealkylation sites (N-methyl/N-ethyl adjacent to an activating group) is 1. The predicted molar refractivity (Wildman–Crippen MR) is 121 cm³/mol. The minimum atomic E-state index is -0.542. The largest absolute Gasteiger partial charge is 0.351 e. The molecular weight excluding hydrogens is 408 g/mol. The molecule has 2 aliphatic rings. The van der Waals surface area contributed by atoms with Gasteiger partial charge in [-0.2, -0.15) is 4.98 Å². The molecular formula is C22H26N8O2. The van der Waals surface area contributed by atoms with E-state index in [0.717, 1.165) is 35.7 Å². The summed E-state index contributed by atoms with van der Waals surface area (Å²) in [7, 11) is 1.84. The summed E-state index contributed by atoms with van der Waals surface area (Å²) >= 11 is 0. The number of benzene rings is 1. The summed E-state index contributed by atoms with van der Waals surface area (Å²) in [5.41, 5.74) is 2.67. The van der Waals surface area contributed by atoms with Crippen LogP contribution in [0.25, 0.3) is 5.65 Å². The van der Waals surface area contributed by atoms with Gasteiger partial charge in [-0.15, -0.1) is 5.10 Å². The molecule has 10 nitrogen and oxygen atoms in total. The molecule has 1 saturated heterocycles. The third-order valence-corrected chi connectivity index (χ3v) is 6.51. The van der Waals surface area contributed by atoms with Crippen LogP contribution in [0.15, 0.2) is 30.6 Å². The summed E-state index contributed by atoms with van der Waals surface area (Å²) in [6.45, 7) is 6.92. The molecule has 2 aromatic heterocycles. The molecule has 0 spiro atoms. The number of carbonyl (C=O) groups is 2. The molecule has 10 heteroatoms. The van der Waals surface area contributed by atoms with Crippen LogP contribution in [0, 0.1) is 0 Å². The van der Waals surface area contributed by atoms with E-state index >= 15 is 0 Å². The Bertz CT molecular complexity index is 1230. The number of carbonyl (C=O) groups excluding carboxylic acids is 2. The van der Waals surface area contributed by atoms with Crippen LogP contribution >= 0.6 is 0 Å². The molecule has 1 fully saturated rings. The Hall–Kier alpha value is -3.69. The van der Waals surface area contributed by atoms with Gasteiger partial charge in [0.1, 0.15) is 0 Å². The molecule has 0 saturated carbocycles. The van der Waals surface area contributed by atoms with Gasteiger partial charge in [-0.05, 0) is 38.0 Å². The SMILES string of the molecule is CC(=O)N(C)C1CCN(c2nccn3nc(Nc4ccc5c(c4)NC(=O)C5(C)C)nc23)C1. The number of fused-ring (bicyclic) bond motifs is 2. The molecule has 1 aromatic carbocycles. The van der Waals surface area contributed by atoms with Crippen molar-refractivity contribution in [2.24, 2.45) is 0 Å². The van der Waals surface area contributed by atoms with E-state index in [2.05, 4.69) is 30.6 Å². The van der Waals surface area contributed by atoms with Gasteiger partial charge in [0.15, 0.2) is 11.5 Å². The van der Waals surface area contributed by atoms with Crippen LogP contribution in [0.3, 0.4) is 0 Å². The minimum absolute atomic E-state index is 0.00874. The first kappa shape index (κ1) is 20.2. The van der Waals surface area contributed by atoms with Gasteiger partial charge in [-0.1, -0.05) is 6.07 Å². The molecule has 0 radical (unpaired) electrons.